The molecule has 0 saturated carbocycles. The molecule has 100 valence electrons. The minimum absolute atomic E-state index is 0.280. The van der Waals surface area contributed by atoms with Gasteiger partial charge in [-0.05, 0) is 18.2 Å². The van der Waals surface area contributed by atoms with Crippen LogP contribution in [-0.4, -0.2) is 48.6 Å². The van der Waals surface area contributed by atoms with E-state index < -0.39 is 20.8 Å². The van der Waals surface area contributed by atoms with Crippen molar-refractivity contribution in [2.45, 2.75) is 4.90 Å². The highest BCUT2D eigenvalue weighted by Crippen LogP contribution is 2.20. The van der Waals surface area contributed by atoms with Crippen LogP contribution in [0.15, 0.2) is 29.2 Å². The number of sulfonamides is 1. The topological polar surface area (TPSA) is 66.5 Å². The van der Waals surface area contributed by atoms with Gasteiger partial charge in [0, 0.05) is 48.1 Å². The predicted molar refractivity (Wildman–Crippen MR) is 72.6 cm³/mol. The van der Waals surface area contributed by atoms with Crippen molar-refractivity contribution in [2.24, 2.45) is 0 Å². The lowest BCUT2D eigenvalue weighted by Gasteiger charge is -2.25. The lowest BCUT2D eigenvalue weighted by atomic mass is 10.3. The van der Waals surface area contributed by atoms with Crippen LogP contribution in [0.4, 0.5) is 5.69 Å². The van der Waals surface area contributed by atoms with Crippen LogP contribution in [0.2, 0.25) is 0 Å². The fraction of sp³-hybridized carbons (Fsp3) is 0.455. The lowest BCUT2D eigenvalue weighted by molar-refractivity contribution is 0.439. The Morgan fingerprint density at radius 1 is 1.28 bits per heavy atom. The maximum absolute atomic E-state index is 12.4. The number of anilines is 1. The summed E-state index contributed by atoms with van der Waals surface area (Å²) in [4.78, 5) is 0.280. The molecule has 2 rings (SSSR count). The SMILES string of the molecule is CNc1cccc(S(=O)(=O)N2CCS(=O)CC2)c1. The van der Waals surface area contributed by atoms with Gasteiger partial charge in [-0.15, -0.1) is 0 Å². The molecule has 1 saturated heterocycles. The molecule has 1 aliphatic heterocycles. The predicted octanol–water partition coefficient (Wildman–Crippen LogP) is 0.481. The third kappa shape index (κ3) is 2.73. The van der Waals surface area contributed by atoms with Gasteiger partial charge in [0.05, 0.1) is 4.90 Å². The molecule has 0 spiro atoms. The molecule has 0 aromatic heterocycles. The Morgan fingerprint density at radius 3 is 2.56 bits per heavy atom. The lowest BCUT2D eigenvalue weighted by Crippen LogP contribution is -2.41. The van der Waals surface area contributed by atoms with E-state index in [0.29, 0.717) is 24.6 Å². The number of nitrogens with one attached hydrogen (secondary N) is 1. The molecule has 7 heteroatoms. The molecule has 1 heterocycles. The van der Waals surface area contributed by atoms with Gasteiger partial charge in [-0.2, -0.15) is 4.31 Å². The molecule has 0 bridgehead atoms. The molecule has 1 N–H and O–H groups in total. The molecule has 1 aromatic carbocycles. The van der Waals surface area contributed by atoms with Gasteiger partial charge in [0.15, 0.2) is 0 Å². The van der Waals surface area contributed by atoms with Crippen molar-refractivity contribution >= 4 is 26.5 Å². The molecule has 0 aliphatic carbocycles. The highest BCUT2D eigenvalue weighted by Gasteiger charge is 2.28. The van der Waals surface area contributed by atoms with Gasteiger partial charge in [-0.3, -0.25) is 4.21 Å². The number of benzene rings is 1. The molecule has 1 aliphatic rings. The zero-order valence-electron chi connectivity index (χ0n) is 10.1. The summed E-state index contributed by atoms with van der Waals surface area (Å²) >= 11 is 0. The van der Waals surface area contributed by atoms with Gasteiger partial charge >= 0.3 is 0 Å². The largest absolute Gasteiger partial charge is 0.388 e. The molecule has 0 atom stereocenters. The first-order valence-electron chi connectivity index (χ1n) is 5.67. The summed E-state index contributed by atoms with van der Waals surface area (Å²) in [6.45, 7) is 0.664. The van der Waals surface area contributed by atoms with Crippen molar-refractivity contribution < 1.29 is 12.6 Å². The van der Waals surface area contributed by atoms with Crippen LogP contribution >= 0.6 is 0 Å². The Labute approximate surface area is 110 Å². The van der Waals surface area contributed by atoms with E-state index in [1.807, 2.05) is 6.07 Å². The second-order valence-corrected chi connectivity index (χ2v) is 7.66. The Balaban J connectivity index is 2.27. The minimum Gasteiger partial charge on any atom is -0.388 e. The smallest absolute Gasteiger partial charge is 0.243 e. The number of hydrogen-bond acceptors (Lipinski definition) is 4. The highest BCUT2D eigenvalue weighted by atomic mass is 32.2. The summed E-state index contributed by atoms with van der Waals surface area (Å²) in [6, 6.07) is 6.72. The van der Waals surface area contributed by atoms with E-state index in [1.165, 1.54) is 4.31 Å². The average Bonchev–Trinajstić information content (AvgIpc) is 2.39. The fourth-order valence-corrected chi connectivity index (χ4v) is 4.59. The fourth-order valence-electron chi connectivity index (χ4n) is 1.82. The van der Waals surface area contributed by atoms with Crippen LogP contribution in [0.25, 0.3) is 0 Å². The molecule has 0 unspecified atom stereocenters. The van der Waals surface area contributed by atoms with E-state index in [1.54, 1.807) is 25.2 Å². The van der Waals surface area contributed by atoms with Crippen molar-refractivity contribution in [1.82, 2.24) is 4.31 Å². The third-order valence-electron chi connectivity index (χ3n) is 2.90. The average molecular weight is 288 g/mol. The molecule has 0 radical (unpaired) electrons. The van der Waals surface area contributed by atoms with E-state index in [0.717, 1.165) is 5.69 Å². The van der Waals surface area contributed by atoms with Crippen LogP contribution in [0.5, 0.6) is 0 Å². The second-order valence-electron chi connectivity index (χ2n) is 4.03. The first kappa shape index (κ1) is 13.5. The van der Waals surface area contributed by atoms with Crippen LogP contribution < -0.4 is 5.32 Å². The Kier molecular flexibility index (Phi) is 4.04. The normalized spacial score (nSPS) is 18.7. The second kappa shape index (κ2) is 5.38. The summed E-state index contributed by atoms with van der Waals surface area (Å²) < 4.78 is 37.4. The van der Waals surface area contributed by atoms with E-state index in [2.05, 4.69) is 5.32 Å². The maximum atomic E-state index is 12.4. The Hall–Kier alpha value is -0.920. The van der Waals surface area contributed by atoms with Crippen LogP contribution in [0.3, 0.4) is 0 Å². The maximum Gasteiger partial charge on any atom is 0.243 e. The van der Waals surface area contributed by atoms with E-state index in [9.17, 15) is 12.6 Å². The van der Waals surface area contributed by atoms with E-state index >= 15 is 0 Å². The molecular formula is C11H16N2O3S2. The standard InChI is InChI=1S/C11H16N2O3S2/c1-12-10-3-2-4-11(9-10)18(15,16)13-5-7-17(14)8-6-13/h2-4,9,12H,5-8H2,1H3. The van der Waals surface area contributed by atoms with Crippen LogP contribution in [0, 0.1) is 0 Å². The van der Waals surface area contributed by atoms with Crippen molar-refractivity contribution in [3.63, 3.8) is 0 Å². The number of rotatable bonds is 3. The third-order valence-corrected chi connectivity index (χ3v) is 6.07. The van der Waals surface area contributed by atoms with Gasteiger partial charge < -0.3 is 5.32 Å². The van der Waals surface area contributed by atoms with Crippen molar-refractivity contribution in [2.75, 3.05) is 37.0 Å². The van der Waals surface area contributed by atoms with Gasteiger partial charge in [0.1, 0.15) is 0 Å². The Morgan fingerprint density at radius 2 is 1.94 bits per heavy atom. The van der Waals surface area contributed by atoms with Crippen LogP contribution in [-0.2, 0) is 20.8 Å². The van der Waals surface area contributed by atoms with E-state index in [-0.39, 0.29) is 4.90 Å². The first-order valence-corrected chi connectivity index (χ1v) is 8.60. The van der Waals surface area contributed by atoms with Gasteiger partial charge in [-0.25, -0.2) is 8.42 Å². The first-order chi connectivity index (χ1) is 8.54. The molecule has 1 aromatic rings. The monoisotopic (exact) mass is 288 g/mol. The molecule has 18 heavy (non-hydrogen) atoms. The summed E-state index contributed by atoms with van der Waals surface area (Å²) in [5.74, 6) is 0.843. The molecule has 1 fully saturated rings. The molecule has 5 nitrogen and oxygen atoms in total. The van der Waals surface area contributed by atoms with Crippen molar-refractivity contribution in [3.8, 4) is 0 Å². The Bertz CT molecular complexity index is 547. The van der Waals surface area contributed by atoms with Gasteiger partial charge in [-0.1, -0.05) is 6.07 Å². The zero-order valence-corrected chi connectivity index (χ0v) is 11.8. The van der Waals surface area contributed by atoms with Crippen LogP contribution in [0.1, 0.15) is 0 Å². The molecular weight excluding hydrogens is 272 g/mol. The van der Waals surface area contributed by atoms with Crippen molar-refractivity contribution in [3.05, 3.63) is 24.3 Å². The summed E-state index contributed by atoms with van der Waals surface area (Å²) in [5, 5.41) is 2.92. The number of hydrogen-bond donors (Lipinski definition) is 1. The zero-order chi connectivity index (χ0) is 13.2. The van der Waals surface area contributed by atoms with E-state index in [4.69, 9.17) is 0 Å². The van der Waals surface area contributed by atoms with Crippen molar-refractivity contribution in [1.29, 1.82) is 0 Å². The summed E-state index contributed by atoms with van der Waals surface area (Å²) in [6.07, 6.45) is 0. The number of nitrogens with zero attached hydrogens (tertiary/aromatic N) is 1. The minimum atomic E-state index is -3.46. The summed E-state index contributed by atoms with van der Waals surface area (Å²) in [5.41, 5.74) is 0.761. The van der Waals surface area contributed by atoms with Gasteiger partial charge in [0.25, 0.3) is 0 Å². The quantitative estimate of drug-likeness (QED) is 0.878. The van der Waals surface area contributed by atoms with Gasteiger partial charge in [0.2, 0.25) is 10.0 Å². The molecule has 0 amide bonds. The summed E-state index contributed by atoms with van der Waals surface area (Å²) in [7, 11) is -2.59. The highest BCUT2D eigenvalue weighted by molar-refractivity contribution is 7.89.